The molecule has 1 heterocycles. The van der Waals surface area contributed by atoms with Crippen LogP contribution in [-0.2, 0) is 11.2 Å². The number of nitrogens with zero attached hydrogens (tertiary/aromatic N) is 2. The molecule has 3 N–H and O–H groups in total. The largest absolute Gasteiger partial charge is 0.444 e. The number of ether oxygens (including phenoxy) is 1. The molecule has 94 valence electrons. The molecule has 0 aliphatic rings. The molecule has 6 nitrogen and oxygen atoms in total. The molecular weight excluding hydrogens is 220 g/mol. The van der Waals surface area contributed by atoms with E-state index in [0.29, 0.717) is 18.8 Å². The van der Waals surface area contributed by atoms with Crippen molar-refractivity contribution in [2.45, 2.75) is 32.8 Å². The maximum absolute atomic E-state index is 11.3. The topological polar surface area (TPSA) is 90.1 Å². The third kappa shape index (κ3) is 5.70. The lowest BCUT2D eigenvalue weighted by Crippen LogP contribution is -2.33. The molecule has 0 aliphatic heterocycles. The van der Waals surface area contributed by atoms with E-state index in [4.69, 9.17) is 10.5 Å². The summed E-state index contributed by atoms with van der Waals surface area (Å²) >= 11 is 0. The molecule has 0 fully saturated rings. The highest BCUT2D eigenvalue weighted by atomic mass is 16.6. The quantitative estimate of drug-likeness (QED) is 0.823. The van der Waals surface area contributed by atoms with Crippen LogP contribution in [-0.4, -0.2) is 28.2 Å². The predicted octanol–water partition coefficient (Wildman–Crippen LogP) is 1.13. The van der Waals surface area contributed by atoms with E-state index in [1.165, 1.54) is 6.20 Å². The highest BCUT2D eigenvalue weighted by molar-refractivity contribution is 5.67. The minimum Gasteiger partial charge on any atom is -0.444 e. The van der Waals surface area contributed by atoms with Gasteiger partial charge in [-0.05, 0) is 20.8 Å². The molecule has 1 aromatic rings. The second-order valence-electron chi connectivity index (χ2n) is 4.61. The van der Waals surface area contributed by atoms with E-state index in [2.05, 4.69) is 15.3 Å². The van der Waals surface area contributed by atoms with Gasteiger partial charge in [0.05, 0.1) is 18.1 Å². The highest BCUT2D eigenvalue weighted by Gasteiger charge is 2.15. The molecule has 0 saturated heterocycles. The van der Waals surface area contributed by atoms with Gasteiger partial charge >= 0.3 is 6.09 Å². The molecule has 0 atom stereocenters. The fourth-order valence-electron chi connectivity index (χ4n) is 1.10. The van der Waals surface area contributed by atoms with Crippen LogP contribution in [0.15, 0.2) is 12.4 Å². The summed E-state index contributed by atoms with van der Waals surface area (Å²) in [6.45, 7) is 5.90. The van der Waals surface area contributed by atoms with Crippen molar-refractivity contribution in [3.63, 3.8) is 0 Å². The summed E-state index contributed by atoms with van der Waals surface area (Å²) < 4.78 is 5.09. The van der Waals surface area contributed by atoms with Crippen molar-refractivity contribution in [2.24, 2.45) is 0 Å². The van der Waals surface area contributed by atoms with Gasteiger partial charge in [0.25, 0.3) is 0 Å². The third-order valence-electron chi connectivity index (χ3n) is 1.77. The van der Waals surface area contributed by atoms with Gasteiger partial charge < -0.3 is 15.8 Å². The van der Waals surface area contributed by atoms with Gasteiger partial charge in [0.2, 0.25) is 0 Å². The van der Waals surface area contributed by atoms with Gasteiger partial charge in [0.1, 0.15) is 11.4 Å². The Morgan fingerprint density at radius 2 is 2.12 bits per heavy atom. The molecule has 0 aliphatic carbocycles. The Hall–Kier alpha value is -1.85. The van der Waals surface area contributed by atoms with Gasteiger partial charge in [0.15, 0.2) is 0 Å². The smallest absolute Gasteiger partial charge is 0.407 e. The predicted molar refractivity (Wildman–Crippen MR) is 64.4 cm³/mol. The van der Waals surface area contributed by atoms with E-state index in [1.54, 1.807) is 6.20 Å². The number of nitrogens with one attached hydrogen (secondary N) is 1. The number of aromatic nitrogens is 2. The lowest BCUT2D eigenvalue weighted by Gasteiger charge is -2.19. The Kier molecular flexibility index (Phi) is 4.25. The Balaban J connectivity index is 2.28. The second kappa shape index (κ2) is 5.47. The van der Waals surface area contributed by atoms with Gasteiger partial charge in [-0.2, -0.15) is 0 Å². The van der Waals surface area contributed by atoms with E-state index in [0.717, 1.165) is 5.69 Å². The molecule has 0 unspecified atom stereocenters. The standard InChI is InChI=1S/C11H18N4O2/c1-11(2,3)17-10(16)13-5-4-8-6-15-9(12)7-14-8/h6-7H,4-5H2,1-3H3,(H2,12,15)(H,13,16). The maximum Gasteiger partial charge on any atom is 0.407 e. The van der Waals surface area contributed by atoms with Crippen molar-refractivity contribution < 1.29 is 9.53 Å². The maximum atomic E-state index is 11.3. The fourth-order valence-corrected chi connectivity index (χ4v) is 1.10. The first-order valence-corrected chi connectivity index (χ1v) is 5.40. The van der Waals surface area contributed by atoms with Gasteiger partial charge in [-0.1, -0.05) is 0 Å². The van der Waals surface area contributed by atoms with Gasteiger partial charge in [0, 0.05) is 13.0 Å². The van der Waals surface area contributed by atoms with Crippen molar-refractivity contribution in [3.05, 3.63) is 18.1 Å². The number of carbonyl (C=O) groups is 1. The number of nitrogens with two attached hydrogens (primary N) is 1. The number of hydrogen-bond donors (Lipinski definition) is 2. The molecule has 0 saturated carbocycles. The van der Waals surface area contributed by atoms with E-state index >= 15 is 0 Å². The van der Waals surface area contributed by atoms with Crippen LogP contribution in [0.25, 0.3) is 0 Å². The van der Waals surface area contributed by atoms with Crippen LogP contribution in [0, 0.1) is 0 Å². The average molecular weight is 238 g/mol. The van der Waals surface area contributed by atoms with Crippen LogP contribution in [0.1, 0.15) is 26.5 Å². The van der Waals surface area contributed by atoms with Crippen molar-refractivity contribution in [2.75, 3.05) is 12.3 Å². The van der Waals surface area contributed by atoms with Crippen LogP contribution in [0.4, 0.5) is 10.6 Å². The number of carbonyl (C=O) groups excluding carboxylic acids is 1. The van der Waals surface area contributed by atoms with E-state index in [1.807, 2.05) is 20.8 Å². The van der Waals surface area contributed by atoms with Crippen LogP contribution >= 0.6 is 0 Å². The highest BCUT2D eigenvalue weighted by Crippen LogP contribution is 2.06. The molecule has 1 amide bonds. The summed E-state index contributed by atoms with van der Waals surface area (Å²) in [5.74, 6) is 0.383. The van der Waals surface area contributed by atoms with Gasteiger partial charge in [-0.25, -0.2) is 9.78 Å². The number of rotatable bonds is 3. The minimum absolute atomic E-state index is 0.383. The summed E-state index contributed by atoms with van der Waals surface area (Å²) in [7, 11) is 0. The van der Waals surface area contributed by atoms with Gasteiger partial charge in [-0.3, -0.25) is 4.98 Å². The zero-order valence-corrected chi connectivity index (χ0v) is 10.4. The van der Waals surface area contributed by atoms with Crippen molar-refractivity contribution in [1.29, 1.82) is 0 Å². The molecule has 0 bridgehead atoms. The SMILES string of the molecule is CC(C)(C)OC(=O)NCCc1cnc(N)cn1. The van der Waals surface area contributed by atoms with E-state index in [9.17, 15) is 4.79 Å². The van der Waals surface area contributed by atoms with E-state index < -0.39 is 11.7 Å². The molecule has 0 spiro atoms. The molecule has 1 aromatic heterocycles. The molecule has 6 heteroatoms. The zero-order chi connectivity index (χ0) is 12.9. The number of amides is 1. The summed E-state index contributed by atoms with van der Waals surface area (Å²) in [6.07, 6.45) is 3.24. The first kappa shape index (κ1) is 13.2. The molecule has 0 aromatic carbocycles. The summed E-state index contributed by atoms with van der Waals surface area (Å²) in [5, 5.41) is 2.64. The zero-order valence-electron chi connectivity index (χ0n) is 10.4. The normalized spacial score (nSPS) is 11.0. The summed E-state index contributed by atoms with van der Waals surface area (Å²) in [6, 6.07) is 0. The minimum atomic E-state index is -0.481. The van der Waals surface area contributed by atoms with Crippen molar-refractivity contribution in [1.82, 2.24) is 15.3 Å². The molecular formula is C11H18N4O2. The Morgan fingerprint density at radius 3 is 2.65 bits per heavy atom. The van der Waals surface area contributed by atoms with Crippen LogP contribution in [0.3, 0.4) is 0 Å². The lowest BCUT2D eigenvalue weighted by molar-refractivity contribution is 0.0528. The first-order chi connectivity index (χ1) is 7.87. The number of hydrogen-bond acceptors (Lipinski definition) is 5. The van der Waals surface area contributed by atoms with E-state index in [-0.39, 0.29) is 0 Å². The number of nitrogen functional groups attached to an aromatic ring is 1. The average Bonchev–Trinajstić information content (AvgIpc) is 2.18. The molecule has 1 rings (SSSR count). The van der Waals surface area contributed by atoms with Crippen LogP contribution in [0.2, 0.25) is 0 Å². The Bertz CT molecular complexity index is 370. The monoisotopic (exact) mass is 238 g/mol. The fraction of sp³-hybridized carbons (Fsp3) is 0.545. The van der Waals surface area contributed by atoms with Crippen LogP contribution < -0.4 is 11.1 Å². The molecule has 0 radical (unpaired) electrons. The summed E-state index contributed by atoms with van der Waals surface area (Å²) in [4.78, 5) is 19.3. The van der Waals surface area contributed by atoms with Crippen LogP contribution in [0.5, 0.6) is 0 Å². The number of anilines is 1. The second-order valence-corrected chi connectivity index (χ2v) is 4.61. The lowest BCUT2D eigenvalue weighted by atomic mass is 10.2. The van der Waals surface area contributed by atoms with Crippen molar-refractivity contribution in [3.8, 4) is 0 Å². The Morgan fingerprint density at radius 1 is 1.41 bits per heavy atom. The van der Waals surface area contributed by atoms with Crippen molar-refractivity contribution >= 4 is 11.9 Å². The third-order valence-corrected chi connectivity index (χ3v) is 1.77. The Labute approximate surface area is 101 Å². The van der Waals surface area contributed by atoms with Gasteiger partial charge in [-0.15, -0.1) is 0 Å². The molecule has 17 heavy (non-hydrogen) atoms. The number of alkyl carbamates (subject to hydrolysis) is 1. The first-order valence-electron chi connectivity index (χ1n) is 5.40. The summed E-state index contributed by atoms with van der Waals surface area (Å²) in [5.41, 5.74) is 5.70.